The standard InChI is InChI=1S/C24H28N2O2/c27-23-16-20(17-26(23)21-13-7-8-14-21)24(28)25-22(19-11-5-2-6-12-19)15-18-9-3-1-4-10-18/h1-6,9-12,20-22H,7-8,13-17H2,(H,25,28)/t20-,22-/m0/s1. The summed E-state index contributed by atoms with van der Waals surface area (Å²) in [5.41, 5.74) is 2.28. The maximum Gasteiger partial charge on any atom is 0.225 e. The molecule has 1 aliphatic heterocycles. The van der Waals surface area contributed by atoms with Crippen LogP contribution in [0.1, 0.15) is 49.3 Å². The SMILES string of the molecule is O=C(N[C@@H](Cc1ccccc1)c1ccccc1)[C@H]1CC(=O)N(C2CCCC2)C1. The number of benzene rings is 2. The highest BCUT2D eigenvalue weighted by atomic mass is 16.2. The van der Waals surface area contributed by atoms with E-state index in [1.165, 1.54) is 18.4 Å². The van der Waals surface area contributed by atoms with Gasteiger partial charge in [-0.25, -0.2) is 0 Å². The van der Waals surface area contributed by atoms with E-state index < -0.39 is 0 Å². The Kier molecular flexibility index (Phi) is 5.75. The minimum absolute atomic E-state index is 0.00127. The number of hydrogen-bond acceptors (Lipinski definition) is 2. The lowest BCUT2D eigenvalue weighted by Gasteiger charge is -2.25. The van der Waals surface area contributed by atoms with Crippen molar-refractivity contribution in [2.75, 3.05) is 6.54 Å². The van der Waals surface area contributed by atoms with E-state index in [9.17, 15) is 9.59 Å². The molecule has 0 unspecified atom stereocenters. The molecular formula is C24H28N2O2. The predicted octanol–water partition coefficient (Wildman–Crippen LogP) is 3.88. The summed E-state index contributed by atoms with van der Waals surface area (Å²) in [6.07, 6.45) is 5.64. The van der Waals surface area contributed by atoms with Gasteiger partial charge in [0.15, 0.2) is 0 Å². The number of amides is 2. The van der Waals surface area contributed by atoms with Crippen LogP contribution in [-0.2, 0) is 16.0 Å². The predicted molar refractivity (Wildman–Crippen MR) is 110 cm³/mol. The van der Waals surface area contributed by atoms with Crippen LogP contribution in [0.4, 0.5) is 0 Å². The fourth-order valence-electron chi connectivity index (χ4n) is 4.55. The molecule has 0 bridgehead atoms. The highest BCUT2D eigenvalue weighted by molar-refractivity contribution is 5.89. The van der Waals surface area contributed by atoms with Crippen LogP contribution in [0.3, 0.4) is 0 Å². The van der Waals surface area contributed by atoms with Crippen molar-refractivity contribution in [2.24, 2.45) is 5.92 Å². The zero-order chi connectivity index (χ0) is 19.3. The summed E-state index contributed by atoms with van der Waals surface area (Å²) < 4.78 is 0. The van der Waals surface area contributed by atoms with Gasteiger partial charge in [-0.15, -0.1) is 0 Å². The average molecular weight is 377 g/mol. The third-order valence-electron chi connectivity index (χ3n) is 6.10. The van der Waals surface area contributed by atoms with Gasteiger partial charge < -0.3 is 10.2 Å². The summed E-state index contributed by atoms with van der Waals surface area (Å²) in [5.74, 6) is -0.0971. The number of hydrogen-bond donors (Lipinski definition) is 1. The van der Waals surface area contributed by atoms with E-state index in [1.807, 2.05) is 41.3 Å². The molecule has 4 rings (SSSR count). The Bertz CT molecular complexity index is 800. The highest BCUT2D eigenvalue weighted by Gasteiger charge is 2.39. The Morgan fingerprint density at radius 3 is 2.32 bits per heavy atom. The van der Waals surface area contributed by atoms with Gasteiger partial charge in [0.05, 0.1) is 12.0 Å². The second kappa shape index (κ2) is 8.59. The van der Waals surface area contributed by atoms with Crippen LogP contribution < -0.4 is 5.32 Å². The first-order chi connectivity index (χ1) is 13.7. The largest absolute Gasteiger partial charge is 0.349 e. The van der Waals surface area contributed by atoms with Gasteiger partial charge in [-0.3, -0.25) is 9.59 Å². The molecule has 2 atom stereocenters. The summed E-state index contributed by atoms with van der Waals surface area (Å²) in [4.78, 5) is 27.5. The molecule has 28 heavy (non-hydrogen) atoms. The Hall–Kier alpha value is -2.62. The maximum atomic E-state index is 13.0. The lowest BCUT2D eigenvalue weighted by atomic mass is 9.97. The summed E-state index contributed by atoms with van der Waals surface area (Å²) >= 11 is 0. The molecule has 1 N–H and O–H groups in total. The lowest BCUT2D eigenvalue weighted by molar-refractivity contribution is -0.130. The molecule has 4 nitrogen and oxygen atoms in total. The summed E-state index contributed by atoms with van der Waals surface area (Å²) in [5, 5.41) is 3.24. The van der Waals surface area contributed by atoms with Crippen molar-refractivity contribution in [2.45, 2.75) is 50.6 Å². The van der Waals surface area contributed by atoms with Crippen molar-refractivity contribution in [1.82, 2.24) is 10.2 Å². The van der Waals surface area contributed by atoms with Crippen molar-refractivity contribution in [3.8, 4) is 0 Å². The van der Waals surface area contributed by atoms with Crippen LogP contribution in [0.25, 0.3) is 0 Å². The Balaban J connectivity index is 1.45. The fraction of sp³-hybridized carbons (Fsp3) is 0.417. The third kappa shape index (κ3) is 4.27. The van der Waals surface area contributed by atoms with E-state index in [1.54, 1.807) is 0 Å². The van der Waals surface area contributed by atoms with Crippen molar-refractivity contribution in [3.63, 3.8) is 0 Å². The zero-order valence-electron chi connectivity index (χ0n) is 16.2. The maximum absolute atomic E-state index is 13.0. The minimum Gasteiger partial charge on any atom is -0.349 e. The summed E-state index contributed by atoms with van der Waals surface area (Å²) in [6, 6.07) is 20.6. The fourth-order valence-corrected chi connectivity index (χ4v) is 4.55. The molecule has 146 valence electrons. The van der Waals surface area contributed by atoms with Crippen molar-refractivity contribution >= 4 is 11.8 Å². The lowest BCUT2D eigenvalue weighted by Crippen LogP contribution is -2.38. The number of nitrogens with one attached hydrogen (secondary N) is 1. The van der Waals surface area contributed by atoms with Crippen molar-refractivity contribution < 1.29 is 9.59 Å². The third-order valence-corrected chi connectivity index (χ3v) is 6.10. The minimum atomic E-state index is -0.241. The number of carbonyl (C=O) groups is 2. The number of carbonyl (C=O) groups excluding carboxylic acids is 2. The molecule has 0 spiro atoms. The van der Waals surface area contributed by atoms with E-state index in [0.717, 1.165) is 24.8 Å². The zero-order valence-corrected chi connectivity index (χ0v) is 16.2. The monoisotopic (exact) mass is 376 g/mol. The molecule has 4 heteroatoms. The molecule has 2 aliphatic rings. The van der Waals surface area contributed by atoms with Gasteiger partial charge in [-0.2, -0.15) is 0 Å². The first-order valence-corrected chi connectivity index (χ1v) is 10.4. The van der Waals surface area contributed by atoms with E-state index in [0.29, 0.717) is 19.0 Å². The molecule has 2 aromatic carbocycles. The molecule has 1 saturated carbocycles. The van der Waals surface area contributed by atoms with Gasteiger partial charge in [0, 0.05) is 19.0 Å². The first kappa shape index (κ1) is 18.7. The second-order valence-electron chi connectivity index (χ2n) is 8.05. The molecule has 1 saturated heterocycles. The van der Waals surface area contributed by atoms with Crippen LogP contribution in [0.15, 0.2) is 60.7 Å². The van der Waals surface area contributed by atoms with Gasteiger partial charge in [0.25, 0.3) is 0 Å². The molecule has 2 aromatic rings. The number of likely N-dealkylation sites (tertiary alicyclic amines) is 1. The van der Waals surface area contributed by atoms with Gasteiger partial charge in [-0.05, 0) is 30.4 Å². The Morgan fingerprint density at radius 1 is 1.00 bits per heavy atom. The van der Waals surface area contributed by atoms with Crippen LogP contribution in [0.5, 0.6) is 0 Å². The summed E-state index contributed by atoms with van der Waals surface area (Å²) in [7, 11) is 0. The summed E-state index contributed by atoms with van der Waals surface area (Å²) in [6.45, 7) is 0.572. The van der Waals surface area contributed by atoms with Crippen LogP contribution in [0.2, 0.25) is 0 Å². The topological polar surface area (TPSA) is 49.4 Å². The molecule has 2 fully saturated rings. The van der Waals surface area contributed by atoms with E-state index in [4.69, 9.17) is 0 Å². The van der Waals surface area contributed by atoms with Crippen LogP contribution in [0, 0.1) is 5.92 Å². The van der Waals surface area contributed by atoms with Gasteiger partial charge in [-0.1, -0.05) is 73.5 Å². The molecule has 0 radical (unpaired) electrons. The van der Waals surface area contributed by atoms with E-state index in [-0.39, 0.29) is 23.8 Å². The van der Waals surface area contributed by atoms with Gasteiger partial charge in [0.2, 0.25) is 11.8 Å². The Labute approximate surface area is 166 Å². The molecule has 0 aromatic heterocycles. The molecule has 1 aliphatic carbocycles. The average Bonchev–Trinajstić information content (AvgIpc) is 3.38. The molecular weight excluding hydrogens is 348 g/mol. The number of nitrogens with zero attached hydrogens (tertiary/aromatic N) is 1. The Morgan fingerprint density at radius 2 is 1.64 bits per heavy atom. The quantitative estimate of drug-likeness (QED) is 0.832. The number of rotatable bonds is 6. The van der Waals surface area contributed by atoms with Gasteiger partial charge >= 0.3 is 0 Å². The van der Waals surface area contributed by atoms with Crippen molar-refractivity contribution in [1.29, 1.82) is 0 Å². The van der Waals surface area contributed by atoms with Crippen LogP contribution in [-0.4, -0.2) is 29.3 Å². The molecule has 1 heterocycles. The van der Waals surface area contributed by atoms with Crippen LogP contribution >= 0.6 is 0 Å². The van der Waals surface area contributed by atoms with Crippen molar-refractivity contribution in [3.05, 3.63) is 71.8 Å². The highest BCUT2D eigenvalue weighted by Crippen LogP contribution is 2.30. The first-order valence-electron chi connectivity index (χ1n) is 10.4. The van der Waals surface area contributed by atoms with E-state index >= 15 is 0 Å². The second-order valence-corrected chi connectivity index (χ2v) is 8.05. The van der Waals surface area contributed by atoms with E-state index in [2.05, 4.69) is 29.6 Å². The molecule has 2 amide bonds. The smallest absolute Gasteiger partial charge is 0.225 e. The normalized spacial score (nSPS) is 21.1. The van der Waals surface area contributed by atoms with Gasteiger partial charge in [0.1, 0.15) is 0 Å².